The number of aryl methyl sites for hydroxylation is 1. The molecule has 2 atom stereocenters. The van der Waals surface area contributed by atoms with Crippen molar-refractivity contribution in [2.45, 2.75) is 45.2 Å². The molecule has 0 spiro atoms. The number of aliphatic hydroxyl groups is 1. The Balaban J connectivity index is 1.99. The Bertz CT molecular complexity index is 456. The Morgan fingerprint density at radius 3 is 2.74 bits per heavy atom. The molecule has 4 heteroatoms. The quantitative estimate of drug-likeness (QED) is 0.814. The fraction of sp³-hybridized carbons (Fsp3) is 0.667. The Morgan fingerprint density at radius 1 is 1.42 bits per heavy atom. The average molecular weight is 263 g/mol. The molecule has 0 saturated carbocycles. The second kappa shape index (κ2) is 5.47. The lowest BCUT2D eigenvalue weighted by atomic mass is 9.89. The first kappa shape index (κ1) is 14.3. The zero-order valence-electron chi connectivity index (χ0n) is 12.3. The first-order valence-electron chi connectivity index (χ1n) is 6.95. The van der Waals surface area contributed by atoms with E-state index < -0.39 is 0 Å². The van der Waals surface area contributed by atoms with Crippen LogP contribution in [0.5, 0.6) is 0 Å². The van der Waals surface area contributed by atoms with Crippen LogP contribution in [0.3, 0.4) is 0 Å². The van der Waals surface area contributed by atoms with Gasteiger partial charge in [-0.25, -0.2) is 0 Å². The van der Waals surface area contributed by atoms with Gasteiger partial charge >= 0.3 is 0 Å². The summed E-state index contributed by atoms with van der Waals surface area (Å²) in [5.74, 6) is 0.313. The normalized spacial score (nSPS) is 23.2. The van der Waals surface area contributed by atoms with Gasteiger partial charge in [-0.15, -0.1) is 0 Å². The maximum Gasteiger partial charge on any atom is 0.0722 e. The Kier molecular flexibility index (Phi) is 4.11. The van der Waals surface area contributed by atoms with Gasteiger partial charge in [0, 0.05) is 49.3 Å². The van der Waals surface area contributed by atoms with Crippen LogP contribution < -0.4 is 5.32 Å². The van der Waals surface area contributed by atoms with Gasteiger partial charge in [-0.3, -0.25) is 4.68 Å². The fourth-order valence-corrected chi connectivity index (χ4v) is 2.60. The second-order valence-electron chi connectivity index (χ2n) is 6.48. The Morgan fingerprint density at radius 2 is 2.16 bits per heavy atom. The summed E-state index contributed by atoms with van der Waals surface area (Å²) in [6.45, 7) is 7.64. The van der Waals surface area contributed by atoms with Crippen LogP contribution in [-0.2, 0) is 19.0 Å². The molecule has 106 valence electrons. The van der Waals surface area contributed by atoms with Crippen molar-refractivity contribution >= 4 is 0 Å². The van der Waals surface area contributed by atoms with Gasteiger partial charge in [0.15, 0.2) is 0 Å². The molecule has 2 N–H and O–H groups in total. The van der Waals surface area contributed by atoms with E-state index in [-0.39, 0.29) is 12.0 Å². The Hall–Kier alpha value is -1.13. The molecule has 0 aromatic carbocycles. The van der Waals surface area contributed by atoms with Crippen molar-refractivity contribution in [2.75, 3.05) is 6.61 Å². The summed E-state index contributed by atoms with van der Waals surface area (Å²) in [4.78, 5) is 0. The van der Waals surface area contributed by atoms with Crippen LogP contribution in [0.1, 0.15) is 38.4 Å². The summed E-state index contributed by atoms with van der Waals surface area (Å²) >= 11 is 0. The average Bonchev–Trinajstić information content (AvgIpc) is 2.91. The lowest BCUT2D eigenvalue weighted by Crippen LogP contribution is -2.27. The molecule has 0 radical (unpaired) electrons. The highest BCUT2D eigenvalue weighted by molar-refractivity contribution is 5.24. The number of aromatic nitrogens is 2. The van der Waals surface area contributed by atoms with E-state index in [0.717, 1.165) is 18.7 Å². The van der Waals surface area contributed by atoms with E-state index in [1.54, 1.807) is 0 Å². The maximum absolute atomic E-state index is 9.13. The zero-order valence-corrected chi connectivity index (χ0v) is 12.3. The minimum Gasteiger partial charge on any atom is -0.396 e. The molecule has 0 unspecified atom stereocenters. The van der Waals surface area contributed by atoms with Crippen LogP contribution in [0.2, 0.25) is 0 Å². The third-order valence-electron chi connectivity index (χ3n) is 3.58. The minimum atomic E-state index is 0.0669. The highest BCUT2D eigenvalue weighted by Crippen LogP contribution is 2.24. The molecule has 1 aromatic heterocycles. The van der Waals surface area contributed by atoms with Crippen LogP contribution in [0.4, 0.5) is 0 Å². The van der Waals surface area contributed by atoms with Crippen molar-refractivity contribution in [3.63, 3.8) is 0 Å². The summed E-state index contributed by atoms with van der Waals surface area (Å²) in [5, 5.41) is 17.2. The molecule has 0 fully saturated rings. The number of aliphatic hydroxyl groups excluding tert-OH is 1. The third-order valence-corrected chi connectivity index (χ3v) is 3.58. The van der Waals surface area contributed by atoms with Gasteiger partial charge in [-0.2, -0.15) is 5.10 Å². The predicted octanol–water partition coefficient (Wildman–Crippen LogP) is 1.74. The van der Waals surface area contributed by atoms with E-state index in [2.05, 4.69) is 49.5 Å². The van der Waals surface area contributed by atoms with E-state index in [4.69, 9.17) is 5.11 Å². The highest BCUT2D eigenvalue weighted by atomic mass is 16.3. The summed E-state index contributed by atoms with van der Waals surface area (Å²) in [6, 6.07) is 0.366. The molecule has 0 bridgehead atoms. The van der Waals surface area contributed by atoms with Gasteiger partial charge < -0.3 is 10.4 Å². The summed E-state index contributed by atoms with van der Waals surface area (Å²) in [5.41, 5.74) is 2.48. The van der Waals surface area contributed by atoms with Gasteiger partial charge in [0.05, 0.1) is 5.69 Å². The first-order valence-corrected chi connectivity index (χ1v) is 6.95. The van der Waals surface area contributed by atoms with Crippen molar-refractivity contribution in [1.82, 2.24) is 15.1 Å². The molecule has 4 nitrogen and oxygen atoms in total. The van der Waals surface area contributed by atoms with Crippen molar-refractivity contribution < 1.29 is 5.11 Å². The van der Waals surface area contributed by atoms with Gasteiger partial charge in [0.1, 0.15) is 0 Å². The molecule has 1 aliphatic rings. The SMILES string of the molecule is Cn1cc(CN[C@@H]2C=C[C@H](CO)C2)c(C(C)(C)C)n1. The van der Waals surface area contributed by atoms with Crippen LogP contribution in [0, 0.1) is 5.92 Å². The van der Waals surface area contributed by atoms with Crippen molar-refractivity contribution in [2.24, 2.45) is 13.0 Å². The number of hydrogen-bond donors (Lipinski definition) is 2. The van der Waals surface area contributed by atoms with E-state index in [1.165, 1.54) is 5.56 Å². The molecule has 0 saturated heterocycles. The standard InChI is InChI=1S/C15H25N3O/c1-15(2,3)14-12(9-18(4)17-14)8-16-13-6-5-11(7-13)10-19/h5-6,9,11,13,16,19H,7-8,10H2,1-4H3/t11-,13+/m0/s1. The third kappa shape index (κ3) is 3.45. The van der Waals surface area contributed by atoms with Crippen molar-refractivity contribution in [3.05, 3.63) is 29.6 Å². The van der Waals surface area contributed by atoms with E-state index >= 15 is 0 Å². The monoisotopic (exact) mass is 263 g/mol. The number of rotatable bonds is 4. The largest absolute Gasteiger partial charge is 0.396 e. The number of nitrogens with one attached hydrogen (secondary N) is 1. The molecular formula is C15H25N3O. The minimum absolute atomic E-state index is 0.0669. The lowest BCUT2D eigenvalue weighted by Gasteiger charge is -2.19. The lowest BCUT2D eigenvalue weighted by molar-refractivity contribution is 0.246. The number of hydrogen-bond acceptors (Lipinski definition) is 3. The van der Waals surface area contributed by atoms with Crippen LogP contribution in [0.15, 0.2) is 18.3 Å². The number of nitrogens with zero attached hydrogens (tertiary/aromatic N) is 2. The molecular weight excluding hydrogens is 238 g/mol. The summed E-state index contributed by atoms with van der Waals surface area (Å²) in [7, 11) is 1.97. The highest BCUT2D eigenvalue weighted by Gasteiger charge is 2.23. The summed E-state index contributed by atoms with van der Waals surface area (Å²) in [6.07, 6.45) is 7.34. The van der Waals surface area contributed by atoms with E-state index in [0.29, 0.717) is 12.0 Å². The fourth-order valence-electron chi connectivity index (χ4n) is 2.60. The zero-order chi connectivity index (χ0) is 14.0. The molecule has 19 heavy (non-hydrogen) atoms. The second-order valence-corrected chi connectivity index (χ2v) is 6.48. The van der Waals surface area contributed by atoms with E-state index in [9.17, 15) is 0 Å². The predicted molar refractivity (Wildman–Crippen MR) is 76.9 cm³/mol. The van der Waals surface area contributed by atoms with Crippen LogP contribution in [0.25, 0.3) is 0 Å². The van der Waals surface area contributed by atoms with E-state index in [1.807, 2.05) is 11.7 Å². The summed E-state index contributed by atoms with van der Waals surface area (Å²) < 4.78 is 1.89. The first-order chi connectivity index (χ1) is 8.90. The molecule has 0 amide bonds. The van der Waals surface area contributed by atoms with Gasteiger partial charge in [-0.1, -0.05) is 32.9 Å². The smallest absolute Gasteiger partial charge is 0.0722 e. The molecule has 2 rings (SSSR count). The molecule has 1 aromatic rings. The molecule has 1 heterocycles. The Labute approximate surface area is 115 Å². The molecule has 0 aliphatic heterocycles. The topological polar surface area (TPSA) is 50.1 Å². The van der Waals surface area contributed by atoms with Crippen LogP contribution >= 0.6 is 0 Å². The van der Waals surface area contributed by atoms with Gasteiger partial charge in [0.25, 0.3) is 0 Å². The van der Waals surface area contributed by atoms with Crippen molar-refractivity contribution in [3.8, 4) is 0 Å². The molecule has 1 aliphatic carbocycles. The maximum atomic E-state index is 9.13. The van der Waals surface area contributed by atoms with Crippen molar-refractivity contribution in [1.29, 1.82) is 0 Å². The van der Waals surface area contributed by atoms with Gasteiger partial charge in [-0.05, 0) is 6.42 Å². The van der Waals surface area contributed by atoms with Gasteiger partial charge in [0.2, 0.25) is 0 Å². The van der Waals surface area contributed by atoms with Crippen LogP contribution in [-0.4, -0.2) is 27.5 Å².